The fourth-order valence-electron chi connectivity index (χ4n) is 2.02. The molecular formula is C12H19N3O. The van der Waals surface area contributed by atoms with Crippen LogP contribution in [-0.2, 0) is 0 Å². The zero-order valence-electron chi connectivity index (χ0n) is 9.56. The molecule has 1 saturated heterocycles. The molecule has 0 radical (unpaired) electrons. The average molecular weight is 221 g/mol. The third kappa shape index (κ3) is 3.77. The number of hydrogen-bond acceptors (Lipinski definition) is 4. The van der Waals surface area contributed by atoms with Crippen LogP contribution in [0.2, 0.25) is 0 Å². The van der Waals surface area contributed by atoms with Crippen LogP contribution in [-0.4, -0.2) is 29.2 Å². The minimum absolute atomic E-state index is 0.485. The van der Waals surface area contributed by atoms with E-state index in [9.17, 15) is 0 Å². The molecule has 1 atom stereocenters. The molecule has 1 aliphatic rings. The number of piperidine rings is 1. The van der Waals surface area contributed by atoms with Gasteiger partial charge in [-0.1, -0.05) is 6.42 Å². The van der Waals surface area contributed by atoms with Crippen LogP contribution in [0.15, 0.2) is 18.5 Å². The molecule has 1 aromatic heterocycles. The first-order valence-corrected chi connectivity index (χ1v) is 6.08. The summed E-state index contributed by atoms with van der Waals surface area (Å²) < 4.78 is 5.45. The molecule has 0 aromatic carbocycles. The first-order valence-electron chi connectivity index (χ1n) is 6.08. The van der Waals surface area contributed by atoms with Crippen molar-refractivity contribution < 1.29 is 4.74 Å². The molecule has 0 saturated carbocycles. The summed E-state index contributed by atoms with van der Waals surface area (Å²) in [7, 11) is 0. The molecule has 0 spiro atoms. The maximum absolute atomic E-state index is 5.45. The van der Waals surface area contributed by atoms with Crippen LogP contribution in [0.25, 0.3) is 0 Å². The van der Waals surface area contributed by atoms with Gasteiger partial charge in [0.25, 0.3) is 0 Å². The molecule has 4 heteroatoms. The maximum atomic E-state index is 5.45. The molecule has 1 N–H and O–H groups in total. The molecule has 0 amide bonds. The number of nitrogens with zero attached hydrogens (tertiary/aromatic N) is 2. The predicted molar refractivity (Wildman–Crippen MR) is 62.4 cm³/mol. The molecule has 4 nitrogen and oxygen atoms in total. The lowest BCUT2D eigenvalue weighted by Gasteiger charge is -2.23. The molecule has 2 heterocycles. The Kier molecular flexibility index (Phi) is 4.55. The van der Waals surface area contributed by atoms with Crippen molar-refractivity contribution >= 4 is 0 Å². The normalized spacial score (nSPS) is 20.6. The highest BCUT2D eigenvalue weighted by Crippen LogP contribution is 2.11. The van der Waals surface area contributed by atoms with E-state index in [1.165, 1.54) is 32.2 Å². The van der Waals surface area contributed by atoms with E-state index in [4.69, 9.17) is 4.74 Å². The number of nitrogens with one attached hydrogen (secondary N) is 1. The SMILES string of the molecule is c1cnc(OCCCC2CCCCN2)nc1. The number of ether oxygens (including phenoxy) is 1. The van der Waals surface area contributed by atoms with Gasteiger partial charge in [0.05, 0.1) is 6.61 Å². The Morgan fingerprint density at radius 1 is 1.31 bits per heavy atom. The van der Waals surface area contributed by atoms with E-state index in [1.54, 1.807) is 18.5 Å². The number of rotatable bonds is 5. The molecule has 88 valence electrons. The van der Waals surface area contributed by atoms with Gasteiger partial charge in [-0.2, -0.15) is 0 Å². The lowest BCUT2D eigenvalue weighted by molar-refractivity contribution is 0.267. The summed E-state index contributed by atoms with van der Waals surface area (Å²) in [6.45, 7) is 1.88. The van der Waals surface area contributed by atoms with Crippen molar-refractivity contribution in [3.8, 4) is 6.01 Å². The Morgan fingerprint density at radius 3 is 2.94 bits per heavy atom. The Hall–Kier alpha value is -1.16. The van der Waals surface area contributed by atoms with Crippen molar-refractivity contribution in [2.75, 3.05) is 13.2 Å². The van der Waals surface area contributed by atoms with E-state index in [2.05, 4.69) is 15.3 Å². The summed E-state index contributed by atoms with van der Waals surface area (Å²) in [6, 6.07) is 2.96. The van der Waals surface area contributed by atoms with Gasteiger partial charge in [0.1, 0.15) is 0 Å². The molecule has 1 aromatic rings. The van der Waals surface area contributed by atoms with Crippen LogP contribution in [0.1, 0.15) is 32.1 Å². The summed E-state index contributed by atoms with van der Waals surface area (Å²) in [5, 5.41) is 3.53. The molecule has 1 aliphatic heterocycles. The lowest BCUT2D eigenvalue weighted by Crippen LogP contribution is -2.34. The van der Waals surface area contributed by atoms with Crippen molar-refractivity contribution in [1.29, 1.82) is 0 Å². The van der Waals surface area contributed by atoms with Gasteiger partial charge < -0.3 is 10.1 Å². The van der Waals surface area contributed by atoms with Gasteiger partial charge in [-0.15, -0.1) is 0 Å². The number of aromatic nitrogens is 2. The minimum Gasteiger partial charge on any atom is -0.463 e. The molecule has 1 unspecified atom stereocenters. The summed E-state index contributed by atoms with van der Waals surface area (Å²) >= 11 is 0. The van der Waals surface area contributed by atoms with E-state index in [0.29, 0.717) is 18.7 Å². The third-order valence-corrected chi connectivity index (χ3v) is 2.88. The smallest absolute Gasteiger partial charge is 0.316 e. The second-order valence-electron chi connectivity index (χ2n) is 4.17. The molecule has 2 rings (SSSR count). The van der Waals surface area contributed by atoms with Gasteiger partial charge in [-0.05, 0) is 38.3 Å². The maximum Gasteiger partial charge on any atom is 0.316 e. The highest BCUT2D eigenvalue weighted by atomic mass is 16.5. The largest absolute Gasteiger partial charge is 0.463 e. The first kappa shape index (κ1) is 11.3. The summed E-state index contributed by atoms with van der Waals surface area (Å²) in [6.07, 6.45) is 9.64. The summed E-state index contributed by atoms with van der Waals surface area (Å²) in [4.78, 5) is 8.03. The minimum atomic E-state index is 0.485. The highest BCUT2D eigenvalue weighted by Gasteiger charge is 2.11. The van der Waals surface area contributed by atoms with Crippen molar-refractivity contribution in [1.82, 2.24) is 15.3 Å². The molecular weight excluding hydrogens is 202 g/mol. The van der Waals surface area contributed by atoms with E-state index >= 15 is 0 Å². The monoisotopic (exact) mass is 221 g/mol. The first-order chi connectivity index (χ1) is 7.95. The Balaban J connectivity index is 1.58. The number of hydrogen-bond donors (Lipinski definition) is 1. The topological polar surface area (TPSA) is 47.0 Å². The summed E-state index contributed by atoms with van der Waals surface area (Å²) in [5.41, 5.74) is 0. The van der Waals surface area contributed by atoms with Crippen LogP contribution < -0.4 is 10.1 Å². The van der Waals surface area contributed by atoms with Gasteiger partial charge in [0.15, 0.2) is 0 Å². The van der Waals surface area contributed by atoms with Gasteiger partial charge in [-0.3, -0.25) is 0 Å². The van der Waals surface area contributed by atoms with Crippen molar-refractivity contribution in [3.63, 3.8) is 0 Å². The van der Waals surface area contributed by atoms with Crippen molar-refractivity contribution in [3.05, 3.63) is 18.5 Å². The third-order valence-electron chi connectivity index (χ3n) is 2.88. The fraction of sp³-hybridized carbons (Fsp3) is 0.667. The fourth-order valence-corrected chi connectivity index (χ4v) is 2.02. The zero-order chi connectivity index (χ0) is 11.1. The average Bonchev–Trinajstić information content (AvgIpc) is 2.37. The van der Waals surface area contributed by atoms with Gasteiger partial charge >= 0.3 is 6.01 Å². The lowest BCUT2D eigenvalue weighted by atomic mass is 10.0. The molecule has 16 heavy (non-hydrogen) atoms. The molecule has 1 fully saturated rings. The summed E-state index contributed by atoms with van der Waals surface area (Å²) in [5.74, 6) is 0. The predicted octanol–water partition coefficient (Wildman–Crippen LogP) is 1.78. The van der Waals surface area contributed by atoms with E-state index in [-0.39, 0.29) is 0 Å². The quantitative estimate of drug-likeness (QED) is 0.770. The zero-order valence-corrected chi connectivity index (χ0v) is 9.56. The second kappa shape index (κ2) is 6.43. The van der Waals surface area contributed by atoms with E-state index in [1.807, 2.05) is 0 Å². The van der Waals surface area contributed by atoms with Crippen LogP contribution in [0.4, 0.5) is 0 Å². The van der Waals surface area contributed by atoms with Crippen LogP contribution in [0.3, 0.4) is 0 Å². The van der Waals surface area contributed by atoms with Gasteiger partial charge in [0, 0.05) is 18.4 Å². The highest BCUT2D eigenvalue weighted by molar-refractivity contribution is 4.92. The Labute approximate surface area is 96.4 Å². The van der Waals surface area contributed by atoms with E-state index in [0.717, 1.165) is 6.42 Å². The molecule has 0 bridgehead atoms. The Bertz CT molecular complexity index is 286. The van der Waals surface area contributed by atoms with Crippen LogP contribution in [0.5, 0.6) is 6.01 Å². The second-order valence-corrected chi connectivity index (χ2v) is 4.17. The van der Waals surface area contributed by atoms with Crippen LogP contribution in [0, 0.1) is 0 Å². The molecule has 0 aliphatic carbocycles. The van der Waals surface area contributed by atoms with E-state index < -0.39 is 0 Å². The van der Waals surface area contributed by atoms with Gasteiger partial charge in [0.2, 0.25) is 0 Å². The van der Waals surface area contributed by atoms with Gasteiger partial charge in [-0.25, -0.2) is 9.97 Å². The van der Waals surface area contributed by atoms with Crippen molar-refractivity contribution in [2.24, 2.45) is 0 Å². The standard InChI is InChI=1S/C12H19N3O/c1-2-7-13-11(5-1)6-3-10-16-12-14-8-4-9-15-12/h4,8-9,11,13H,1-3,5-7,10H2. The van der Waals surface area contributed by atoms with Crippen molar-refractivity contribution in [2.45, 2.75) is 38.1 Å². The Morgan fingerprint density at radius 2 is 2.19 bits per heavy atom. The van der Waals surface area contributed by atoms with Crippen LogP contribution >= 0.6 is 0 Å².